The van der Waals surface area contributed by atoms with Crippen molar-refractivity contribution in [3.63, 3.8) is 0 Å². The van der Waals surface area contributed by atoms with Gasteiger partial charge in [-0.2, -0.15) is 5.10 Å². The summed E-state index contributed by atoms with van der Waals surface area (Å²) in [5.74, 6) is 0.674. The third-order valence-corrected chi connectivity index (χ3v) is 4.55. The van der Waals surface area contributed by atoms with Gasteiger partial charge in [0.2, 0.25) is 0 Å². The Morgan fingerprint density at radius 1 is 1.35 bits per heavy atom. The van der Waals surface area contributed by atoms with Crippen LogP contribution in [0.5, 0.6) is 0 Å². The van der Waals surface area contributed by atoms with Crippen LogP contribution in [0.4, 0.5) is 4.39 Å². The van der Waals surface area contributed by atoms with Gasteiger partial charge in [-0.05, 0) is 37.6 Å². The standard InChI is InChI=1S/C16H17ClFN5/c17-11-9-19-23(10-11)7-6-22-5-1-2-15(22)16-20-13-4-3-12(18)8-14(13)21-16/h3-4,8-10,15H,1-2,5-7H2,(H,20,21)/t15-/m0/s1. The summed E-state index contributed by atoms with van der Waals surface area (Å²) in [6, 6.07) is 4.91. The molecule has 1 aromatic carbocycles. The molecule has 1 aliphatic rings. The summed E-state index contributed by atoms with van der Waals surface area (Å²) in [6.45, 7) is 2.71. The molecule has 1 N–H and O–H groups in total. The van der Waals surface area contributed by atoms with Crippen LogP contribution in [0.1, 0.15) is 24.7 Å². The van der Waals surface area contributed by atoms with Crippen molar-refractivity contribution < 1.29 is 4.39 Å². The summed E-state index contributed by atoms with van der Waals surface area (Å²) in [5.41, 5.74) is 1.57. The number of hydrogen-bond donors (Lipinski definition) is 1. The average molecular weight is 334 g/mol. The van der Waals surface area contributed by atoms with Crippen molar-refractivity contribution in [3.8, 4) is 0 Å². The van der Waals surface area contributed by atoms with E-state index in [1.165, 1.54) is 12.1 Å². The van der Waals surface area contributed by atoms with E-state index in [0.717, 1.165) is 49.3 Å². The molecule has 5 nitrogen and oxygen atoms in total. The highest BCUT2D eigenvalue weighted by molar-refractivity contribution is 6.30. The summed E-state index contributed by atoms with van der Waals surface area (Å²) in [6.07, 6.45) is 5.67. The maximum atomic E-state index is 13.3. The predicted molar refractivity (Wildman–Crippen MR) is 86.8 cm³/mol. The van der Waals surface area contributed by atoms with Gasteiger partial charge < -0.3 is 4.98 Å². The zero-order chi connectivity index (χ0) is 15.8. The van der Waals surface area contributed by atoms with Crippen LogP contribution in [-0.4, -0.2) is 37.7 Å². The van der Waals surface area contributed by atoms with Crippen LogP contribution in [0, 0.1) is 5.82 Å². The number of aromatic nitrogens is 4. The van der Waals surface area contributed by atoms with Crippen molar-refractivity contribution >= 4 is 22.6 Å². The van der Waals surface area contributed by atoms with Crippen LogP contribution in [0.15, 0.2) is 30.6 Å². The first-order valence-electron chi connectivity index (χ1n) is 7.76. The number of hydrogen-bond acceptors (Lipinski definition) is 3. The number of fused-ring (bicyclic) bond motifs is 1. The molecule has 4 rings (SSSR count). The fourth-order valence-corrected chi connectivity index (χ4v) is 3.41. The maximum Gasteiger partial charge on any atom is 0.125 e. The first kappa shape index (κ1) is 14.7. The number of nitrogens with zero attached hydrogens (tertiary/aromatic N) is 4. The summed E-state index contributed by atoms with van der Waals surface area (Å²) in [4.78, 5) is 10.3. The number of halogens is 2. The molecule has 0 radical (unpaired) electrons. The van der Waals surface area contributed by atoms with Crippen molar-refractivity contribution in [2.45, 2.75) is 25.4 Å². The number of imidazole rings is 1. The van der Waals surface area contributed by atoms with Crippen molar-refractivity contribution in [2.24, 2.45) is 0 Å². The molecule has 0 bridgehead atoms. The summed E-state index contributed by atoms with van der Waals surface area (Å²) >= 11 is 5.90. The summed E-state index contributed by atoms with van der Waals surface area (Å²) in [7, 11) is 0. The predicted octanol–water partition coefficient (Wildman–Crippen LogP) is 3.39. The second-order valence-electron chi connectivity index (χ2n) is 5.90. The second-order valence-corrected chi connectivity index (χ2v) is 6.34. The number of aromatic amines is 1. The fourth-order valence-electron chi connectivity index (χ4n) is 3.25. The van der Waals surface area contributed by atoms with Gasteiger partial charge in [0.25, 0.3) is 0 Å². The van der Waals surface area contributed by atoms with E-state index in [1.54, 1.807) is 12.3 Å². The zero-order valence-corrected chi connectivity index (χ0v) is 13.3. The highest BCUT2D eigenvalue weighted by Gasteiger charge is 2.28. The quantitative estimate of drug-likeness (QED) is 0.796. The lowest BCUT2D eigenvalue weighted by molar-refractivity contribution is 0.236. The van der Waals surface area contributed by atoms with E-state index in [2.05, 4.69) is 20.0 Å². The SMILES string of the molecule is Fc1ccc2nc([C@@H]3CCCN3CCn3cc(Cl)cn3)[nH]c2c1. The van der Waals surface area contributed by atoms with E-state index < -0.39 is 0 Å². The van der Waals surface area contributed by atoms with Gasteiger partial charge in [-0.25, -0.2) is 9.37 Å². The van der Waals surface area contributed by atoms with Crippen molar-refractivity contribution in [1.82, 2.24) is 24.6 Å². The van der Waals surface area contributed by atoms with Crippen LogP contribution in [0.25, 0.3) is 11.0 Å². The molecule has 7 heteroatoms. The van der Waals surface area contributed by atoms with Crippen LogP contribution in [0.3, 0.4) is 0 Å². The summed E-state index contributed by atoms with van der Waals surface area (Å²) in [5, 5.41) is 4.87. The van der Waals surface area contributed by atoms with Gasteiger partial charge in [0, 0.05) is 12.7 Å². The van der Waals surface area contributed by atoms with Gasteiger partial charge in [0.15, 0.2) is 0 Å². The Balaban J connectivity index is 1.51. The third kappa shape index (κ3) is 2.96. The fraction of sp³-hybridized carbons (Fsp3) is 0.375. The molecular weight excluding hydrogens is 317 g/mol. The molecule has 3 aromatic rings. The van der Waals surface area contributed by atoms with E-state index in [1.807, 2.05) is 10.9 Å². The molecule has 0 amide bonds. The average Bonchev–Trinajstić information content (AvgIpc) is 3.22. The molecule has 2 aromatic heterocycles. The molecule has 0 unspecified atom stereocenters. The minimum Gasteiger partial charge on any atom is -0.341 e. The Kier molecular flexibility index (Phi) is 3.79. The zero-order valence-electron chi connectivity index (χ0n) is 12.5. The van der Waals surface area contributed by atoms with Crippen molar-refractivity contribution in [3.05, 3.63) is 47.3 Å². The lowest BCUT2D eigenvalue weighted by Gasteiger charge is -2.22. The molecule has 1 fully saturated rings. The lowest BCUT2D eigenvalue weighted by atomic mass is 10.2. The van der Waals surface area contributed by atoms with Crippen LogP contribution >= 0.6 is 11.6 Å². The first-order valence-corrected chi connectivity index (χ1v) is 8.14. The van der Waals surface area contributed by atoms with Gasteiger partial charge in [-0.1, -0.05) is 11.6 Å². The number of nitrogens with one attached hydrogen (secondary N) is 1. The van der Waals surface area contributed by atoms with Gasteiger partial charge in [-0.3, -0.25) is 9.58 Å². The Morgan fingerprint density at radius 3 is 3.09 bits per heavy atom. The van der Waals surface area contributed by atoms with E-state index >= 15 is 0 Å². The molecule has 120 valence electrons. The van der Waals surface area contributed by atoms with Crippen LogP contribution < -0.4 is 0 Å². The normalized spacial score (nSPS) is 19.0. The Morgan fingerprint density at radius 2 is 2.26 bits per heavy atom. The Bertz CT molecular complexity index is 827. The smallest absolute Gasteiger partial charge is 0.125 e. The van der Waals surface area contributed by atoms with Crippen LogP contribution in [-0.2, 0) is 6.54 Å². The molecule has 1 atom stereocenters. The van der Waals surface area contributed by atoms with E-state index in [0.29, 0.717) is 5.02 Å². The minimum atomic E-state index is -0.244. The monoisotopic (exact) mass is 333 g/mol. The first-order chi connectivity index (χ1) is 11.2. The van der Waals surface area contributed by atoms with E-state index in [9.17, 15) is 4.39 Å². The number of H-pyrrole nitrogens is 1. The maximum absolute atomic E-state index is 13.3. The highest BCUT2D eigenvalue weighted by atomic mass is 35.5. The molecule has 0 spiro atoms. The Hall–Kier alpha value is -1.92. The van der Waals surface area contributed by atoms with E-state index in [4.69, 9.17) is 11.6 Å². The van der Waals surface area contributed by atoms with Crippen molar-refractivity contribution in [1.29, 1.82) is 0 Å². The number of rotatable bonds is 4. The third-order valence-electron chi connectivity index (χ3n) is 4.36. The lowest BCUT2D eigenvalue weighted by Crippen LogP contribution is -2.28. The van der Waals surface area contributed by atoms with Gasteiger partial charge in [-0.15, -0.1) is 0 Å². The molecule has 3 heterocycles. The van der Waals surface area contributed by atoms with Gasteiger partial charge in [0.1, 0.15) is 11.6 Å². The molecule has 1 saturated heterocycles. The molecule has 0 saturated carbocycles. The summed E-state index contributed by atoms with van der Waals surface area (Å²) < 4.78 is 15.2. The number of likely N-dealkylation sites (tertiary alicyclic amines) is 1. The topological polar surface area (TPSA) is 49.7 Å². The molecule has 1 aliphatic heterocycles. The van der Waals surface area contributed by atoms with E-state index in [-0.39, 0.29) is 11.9 Å². The highest BCUT2D eigenvalue weighted by Crippen LogP contribution is 2.31. The van der Waals surface area contributed by atoms with Gasteiger partial charge in [0.05, 0.1) is 34.8 Å². The van der Waals surface area contributed by atoms with Gasteiger partial charge >= 0.3 is 0 Å². The number of benzene rings is 1. The van der Waals surface area contributed by atoms with Crippen molar-refractivity contribution in [2.75, 3.05) is 13.1 Å². The largest absolute Gasteiger partial charge is 0.341 e. The molecule has 23 heavy (non-hydrogen) atoms. The molecular formula is C16H17ClFN5. The second kappa shape index (κ2) is 5.94. The minimum absolute atomic E-state index is 0.244. The molecule has 0 aliphatic carbocycles. The van der Waals surface area contributed by atoms with Crippen LogP contribution in [0.2, 0.25) is 5.02 Å². The Labute approximate surface area is 138 Å².